The molecule has 2 aromatic carbocycles. The molecule has 0 spiro atoms. The number of aryl methyl sites for hydroxylation is 2. The maximum atomic E-state index is 12.0. The van der Waals surface area contributed by atoms with E-state index in [9.17, 15) is 14.9 Å². The van der Waals surface area contributed by atoms with Crippen molar-refractivity contribution in [1.82, 2.24) is 5.32 Å². The van der Waals surface area contributed by atoms with E-state index >= 15 is 0 Å². The second-order valence-corrected chi connectivity index (χ2v) is 5.10. The molecule has 0 aromatic heterocycles. The van der Waals surface area contributed by atoms with E-state index < -0.39 is 4.92 Å². The van der Waals surface area contributed by atoms with Gasteiger partial charge in [0.25, 0.3) is 11.6 Å². The summed E-state index contributed by atoms with van der Waals surface area (Å²) in [6, 6.07) is 14.6. The zero-order chi connectivity index (χ0) is 15.9. The quantitative estimate of drug-likeness (QED) is 0.505. The number of hydrogen-bond acceptors (Lipinski definition) is 3. The molecule has 0 saturated heterocycles. The number of nitrogens with one attached hydrogen (secondary N) is 1. The minimum absolute atomic E-state index is 0.0306. The molecule has 0 atom stereocenters. The lowest BCUT2D eigenvalue weighted by molar-refractivity contribution is -0.385. The number of carbonyl (C=O) groups excluding carboxylic acids is 1. The highest BCUT2D eigenvalue weighted by atomic mass is 16.6. The molecule has 0 radical (unpaired) electrons. The largest absolute Gasteiger partial charge is 0.352 e. The summed E-state index contributed by atoms with van der Waals surface area (Å²) in [6.45, 7) is 2.19. The van der Waals surface area contributed by atoms with E-state index in [1.807, 2.05) is 30.3 Å². The van der Waals surface area contributed by atoms with Crippen LogP contribution in [0.25, 0.3) is 0 Å². The molecular formula is C17H18N2O3. The molecule has 0 aliphatic rings. The van der Waals surface area contributed by atoms with Crippen LogP contribution in [0, 0.1) is 17.0 Å². The van der Waals surface area contributed by atoms with Gasteiger partial charge in [-0.3, -0.25) is 14.9 Å². The van der Waals surface area contributed by atoms with Crippen molar-refractivity contribution < 1.29 is 9.72 Å². The summed E-state index contributed by atoms with van der Waals surface area (Å²) >= 11 is 0. The third-order valence-corrected chi connectivity index (χ3v) is 3.44. The smallest absolute Gasteiger partial charge is 0.273 e. The summed E-state index contributed by atoms with van der Waals surface area (Å²) in [6.07, 6.45) is 1.71. The fourth-order valence-corrected chi connectivity index (χ4v) is 2.19. The van der Waals surface area contributed by atoms with Crippen molar-refractivity contribution in [1.29, 1.82) is 0 Å². The van der Waals surface area contributed by atoms with Crippen molar-refractivity contribution in [3.8, 4) is 0 Å². The first-order valence-electron chi connectivity index (χ1n) is 7.15. The van der Waals surface area contributed by atoms with Gasteiger partial charge < -0.3 is 5.32 Å². The number of benzene rings is 2. The molecule has 2 aromatic rings. The highest BCUT2D eigenvalue weighted by molar-refractivity contribution is 5.94. The predicted molar refractivity (Wildman–Crippen MR) is 84.9 cm³/mol. The third kappa shape index (κ3) is 4.15. The van der Waals surface area contributed by atoms with Gasteiger partial charge in [0.2, 0.25) is 0 Å². The molecule has 22 heavy (non-hydrogen) atoms. The Morgan fingerprint density at radius 1 is 1.18 bits per heavy atom. The first-order chi connectivity index (χ1) is 10.6. The van der Waals surface area contributed by atoms with Crippen LogP contribution in [0.3, 0.4) is 0 Å². The van der Waals surface area contributed by atoms with E-state index in [-0.39, 0.29) is 11.6 Å². The summed E-state index contributed by atoms with van der Waals surface area (Å²) in [5.74, 6) is -0.281. The van der Waals surface area contributed by atoms with Crippen molar-refractivity contribution >= 4 is 11.6 Å². The number of amides is 1. The van der Waals surface area contributed by atoms with Crippen molar-refractivity contribution in [3.63, 3.8) is 0 Å². The van der Waals surface area contributed by atoms with E-state index in [1.54, 1.807) is 19.1 Å². The molecule has 1 N–H and O–H groups in total. The van der Waals surface area contributed by atoms with Gasteiger partial charge in [-0.2, -0.15) is 0 Å². The van der Waals surface area contributed by atoms with Gasteiger partial charge in [-0.05, 0) is 31.4 Å². The monoisotopic (exact) mass is 298 g/mol. The number of rotatable bonds is 6. The highest BCUT2D eigenvalue weighted by Gasteiger charge is 2.14. The van der Waals surface area contributed by atoms with Crippen molar-refractivity contribution in [2.45, 2.75) is 19.8 Å². The average molecular weight is 298 g/mol. The Hall–Kier alpha value is -2.69. The first kappa shape index (κ1) is 15.7. The van der Waals surface area contributed by atoms with Crippen LogP contribution in [0.4, 0.5) is 5.69 Å². The van der Waals surface area contributed by atoms with Crippen LogP contribution in [-0.2, 0) is 6.42 Å². The standard InChI is InChI=1S/C17H18N2O3/c1-13-9-10-15(12-16(13)19(21)22)17(20)18-11-5-8-14-6-3-2-4-7-14/h2-4,6-7,9-10,12H,5,8,11H2,1H3,(H,18,20). The minimum Gasteiger partial charge on any atom is -0.352 e. The van der Waals surface area contributed by atoms with Crippen LogP contribution in [-0.4, -0.2) is 17.4 Å². The third-order valence-electron chi connectivity index (χ3n) is 3.44. The molecule has 0 heterocycles. The van der Waals surface area contributed by atoms with Gasteiger partial charge in [0, 0.05) is 23.7 Å². The zero-order valence-electron chi connectivity index (χ0n) is 12.4. The maximum absolute atomic E-state index is 12.0. The minimum atomic E-state index is -0.471. The van der Waals surface area contributed by atoms with Crippen LogP contribution < -0.4 is 5.32 Å². The van der Waals surface area contributed by atoms with Crippen molar-refractivity contribution in [2.24, 2.45) is 0 Å². The van der Waals surface area contributed by atoms with E-state index in [1.165, 1.54) is 11.6 Å². The van der Waals surface area contributed by atoms with E-state index in [4.69, 9.17) is 0 Å². The molecule has 114 valence electrons. The van der Waals surface area contributed by atoms with Crippen LogP contribution in [0.1, 0.15) is 27.9 Å². The van der Waals surface area contributed by atoms with Gasteiger partial charge in [-0.25, -0.2) is 0 Å². The number of nitro benzene ring substituents is 1. The lowest BCUT2D eigenvalue weighted by Gasteiger charge is -2.06. The van der Waals surface area contributed by atoms with Gasteiger partial charge >= 0.3 is 0 Å². The Labute approximate surface area is 129 Å². The summed E-state index contributed by atoms with van der Waals surface area (Å²) in [4.78, 5) is 22.4. The molecule has 5 nitrogen and oxygen atoms in total. The molecule has 1 amide bonds. The number of nitro groups is 1. The van der Waals surface area contributed by atoms with E-state index in [2.05, 4.69) is 5.32 Å². The molecule has 5 heteroatoms. The summed E-state index contributed by atoms with van der Waals surface area (Å²) in [7, 11) is 0. The number of nitrogens with zero attached hydrogens (tertiary/aromatic N) is 1. The summed E-state index contributed by atoms with van der Waals surface area (Å²) < 4.78 is 0. The molecule has 0 aliphatic heterocycles. The fraction of sp³-hybridized carbons (Fsp3) is 0.235. The average Bonchev–Trinajstić information content (AvgIpc) is 2.52. The molecule has 0 fully saturated rings. The topological polar surface area (TPSA) is 72.2 Å². The van der Waals surface area contributed by atoms with Crippen molar-refractivity contribution in [3.05, 3.63) is 75.3 Å². The van der Waals surface area contributed by atoms with Crippen LogP contribution in [0.2, 0.25) is 0 Å². The fourth-order valence-electron chi connectivity index (χ4n) is 2.19. The van der Waals surface area contributed by atoms with Gasteiger partial charge in [0.15, 0.2) is 0 Å². The summed E-state index contributed by atoms with van der Waals surface area (Å²) in [5, 5.41) is 13.7. The van der Waals surface area contributed by atoms with Gasteiger partial charge in [-0.15, -0.1) is 0 Å². The Morgan fingerprint density at radius 3 is 2.59 bits per heavy atom. The Balaban J connectivity index is 1.87. The molecule has 0 bridgehead atoms. The van der Waals surface area contributed by atoms with Crippen LogP contribution in [0.5, 0.6) is 0 Å². The highest BCUT2D eigenvalue weighted by Crippen LogP contribution is 2.19. The second kappa shape index (κ2) is 7.36. The van der Waals surface area contributed by atoms with Crippen molar-refractivity contribution in [2.75, 3.05) is 6.54 Å². The molecule has 0 unspecified atom stereocenters. The van der Waals surface area contributed by atoms with Gasteiger partial charge in [0.05, 0.1) is 4.92 Å². The number of hydrogen-bond donors (Lipinski definition) is 1. The Kier molecular flexibility index (Phi) is 5.25. The zero-order valence-corrected chi connectivity index (χ0v) is 12.4. The molecule has 0 aliphatic carbocycles. The van der Waals surface area contributed by atoms with Crippen LogP contribution in [0.15, 0.2) is 48.5 Å². The maximum Gasteiger partial charge on any atom is 0.273 e. The first-order valence-corrected chi connectivity index (χ1v) is 7.15. The normalized spacial score (nSPS) is 10.2. The predicted octanol–water partition coefficient (Wildman–Crippen LogP) is 3.27. The van der Waals surface area contributed by atoms with E-state index in [0.29, 0.717) is 17.7 Å². The van der Waals surface area contributed by atoms with Gasteiger partial charge in [-0.1, -0.05) is 36.4 Å². The lowest BCUT2D eigenvalue weighted by atomic mass is 10.1. The van der Waals surface area contributed by atoms with Gasteiger partial charge in [0.1, 0.15) is 0 Å². The Morgan fingerprint density at radius 2 is 1.91 bits per heavy atom. The molecular weight excluding hydrogens is 280 g/mol. The second-order valence-electron chi connectivity index (χ2n) is 5.10. The molecule has 2 rings (SSSR count). The molecule has 0 saturated carbocycles. The van der Waals surface area contributed by atoms with Crippen LogP contribution >= 0.6 is 0 Å². The lowest BCUT2D eigenvalue weighted by Crippen LogP contribution is -2.24. The SMILES string of the molecule is Cc1ccc(C(=O)NCCCc2ccccc2)cc1[N+](=O)[O-]. The Bertz CT molecular complexity index is 669. The number of carbonyl (C=O) groups is 1. The summed E-state index contributed by atoms with van der Waals surface area (Å²) in [5.41, 5.74) is 2.06. The van der Waals surface area contributed by atoms with E-state index in [0.717, 1.165) is 12.8 Å².